The summed E-state index contributed by atoms with van der Waals surface area (Å²) in [6.07, 6.45) is 0.786. The van der Waals surface area contributed by atoms with Gasteiger partial charge in [0.1, 0.15) is 22.7 Å². The largest absolute Gasteiger partial charge is 0.395 e. The maximum Gasteiger partial charge on any atom is 0.273 e. The highest BCUT2D eigenvalue weighted by atomic mass is 19.1. The highest BCUT2D eigenvalue weighted by Crippen LogP contribution is 2.30. The van der Waals surface area contributed by atoms with Crippen LogP contribution in [0.2, 0.25) is 0 Å². The number of nitrogens with one attached hydrogen (secondary N) is 1. The Labute approximate surface area is 177 Å². The molecule has 1 aliphatic heterocycles. The molecule has 3 heterocycles. The molecule has 2 aromatic heterocycles. The number of H-pyrrole nitrogens is 1. The van der Waals surface area contributed by atoms with E-state index in [4.69, 9.17) is 0 Å². The summed E-state index contributed by atoms with van der Waals surface area (Å²) in [7, 11) is 2.00. The molecular formula is C23H22FN5O2. The van der Waals surface area contributed by atoms with Gasteiger partial charge in [-0.1, -0.05) is 24.3 Å². The summed E-state index contributed by atoms with van der Waals surface area (Å²) < 4.78 is 15.6. The molecule has 4 aromatic rings. The lowest BCUT2D eigenvalue weighted by Crippen LogP contribution is -2.39. The number of rotatable bonds is 3. The maximum atomic E-state index is 14.5. The quantitative estimate of drug-likeness (QED) is 0.533. The van der Waals surface area contributed by atoms with Crippen LogP contribution in [0.1, 0.15) is 16.7 Å². The molecule has 0 radical (unpaired) electrons. The third-order valence-corrected chi connectivity index (χ3v) is 6.03. The van der Waals surface area contributed by atoms with Crippen LogP contribution in [0.25, 0.3) is 28.0 Å². The standard InChI is InChI=1S/C23H22FN5O2/c1-13-4-3-5-18(24)23(13)29-20(31)10-19-22(27-29)21(26-25-19)15-7-6-14-9-17(12-30)28(2)11-16(14)8-15/h3-8,10,17,25,30H,9,11-12H2,1-2H3. The average Bonchev–Trinajstić information content (AvgIpc) is 3.15. The second-order valence-electron chi connectivity index (χ2n) is 8.07. The lowest BCUT2D eigenvalue weighted by Gasteiger charge is -2.33. The van der Waals surface area contributed by atoms with Crippen LogP contribution in [-0.4, -0.2) is 49.7 Å². The summed E-state index contributed by atoms with van der Waals surface area (Å²) in [4.78, 5) is 14.8. The molecule has 1 unspecified atom stereocenters. The van der Waals surface area contributed by atoms with Crippen LogP contribution < -0.4 is 5.56 Å². The molecule has 1 atom stereocenters. The Kier molecular flexibility index (Phi) is 4.68. The van der Waals surface area contributed by atoms with Gasteiger partial charge >= 0.3 is 0 Å². The SMILES string of the molecule is Cc1cccc(F)c1-n1nc2c(-c3ccc4c(c3)CN(C)C(CO)C4)n[nH]c2cc1=O. The Morgan fingerprint density at radius 3 is 2.84 bits per heavy atom. The van der Waals surface area contributed by atoms with E-state index >= 15 is 0 Å². The minimum atomic E-state index is -0.505. The zero-order valence-electron chi connectivity index (χ0n) is 17.3. The molecule has 1 aliphatic rings. The van der Waals surface area contributed by atoms with Gasteiger partial charge in [0.05, 0.1) is 12.1 Å². The molecule has 2 N–H and O–H groups in total. The van der Waals surface area contributed by atoms with Crippen molar-refractivity contribution < 1.29 is 9.50 Å². The predicted octanol–water partition coefficient (Wildman–Crippen LogP) is 2.57. The van der Waals surface area contributed by atoms with Crippen LogP contribution >= 0.6 is 0 Å². The number of aromatic amines is 1. The van der Waals surface area contributed by atoms with Crippen molar-refractivity contribution in [3.8, 4) is 16.9 Å². The van der Waals surface area contributed by atoms with Crippen molar-refractivity contribution in [1.29, 1.82) is 0 Å². The molecule has 0 aliphatic carbocycles. The second kappa shape index (κ2) is 7.40. The van der Waals surface area contributed by atoms with Crippen molar-refractivity contribution in [3.05, 3.63) is 75.3 Å². The van der Waals surface area contributed by atoms with Crippen molar-refractivity contribution in [2.24, 2.45) is 0 Å². The maximum absolute atomic E-state index is 14.5. The molecular weight excluding hydrogens is 397 g/mol. The number of benzene rings is 2. The minimum Gasteiger partial charge on any atom is -0.395 e. The fourth-order valence-corrected chi connectivity index (χ4v) is 4.27. The number of nitrogens with zero attached hydrogens (tertiary/aromatic N) is 4. The molecule has 5 rings (SSSR count). The zero-order valence-corrected chi connectivity index (χ0v) is 17.3. The van der Waals surface area contributed by atoms with Crippen LogP contribution in [0.3, 0.4) is 0 Å². The van der Waals surface area contributed by atoms with Gasteiger partial charge in [-0.25, -0.2) is 4.39 Å². The predicted molar refractivity (Wildman–Crippen MR) is 116 cm³/mol. The number of halogens is 1. The number of hydrogen-bond donors (Lipinski definition) is 2. The number of aliphatic hydroxyl groups excluding tert-OH is 1. The summed E-state index contributed by atoms with van der Waals surface area (Å²) >= 11 is 0. The number of hydrogen-bond acceptors (Lipinski definition) is 5. The number of aryl methyl sites for hydroxylation is 1. The molecule has 0 fully saturated rings. The molecule has 0 saturated carbocycles. The molecule has 8 heteroatoms. The van der Waals surface area contributed by atoms with Gasteiger partial charge in [-0.05, 0) is 49.2 Å². The summed E-state index contributed by atoms with van der Waals surface area (Å²) in [6, 6.07) is 12.3. The van der Waals surface area contributed by atoms with E-state index in [0.29, 0.717) is 22.3 Å². The first-order chi connectivity index (χ1) is 15.0. The Morgan fingerprint density at radius 2 is 2.06 bits per heavy atom. The number of likely N-dealkylation sites (N-methyl/N-ethyl adjacent to an activating group) is 1. The van der Waals surface area contributed by atoms with Crippen molar-refractivity contribution in [1.82, 2.24) is 24.9 Å². The van der Waals surface area contributed by atoms with E-state index in [-0.39, 0.29) is 18.3 Å². The van der Waals surface area contributed by atoms with E-state index in [9.17, 15) is 14.3 Å². The Hall–Kier alpha value is -3.36. The highest BCUT2D eigenvalue weighted by molar-refractivity contribution is 5.89. The van der Waals surface area contributed by atoms with Gasteiger partial charge in [0.2, 0.25) is 0 Å². The number of para-hydroxylation sites is 1. The van der Waals surface area contributed by atoms with Gasteiger partial charge in [0, 0.05) is 24.2 Å². The summed E-state index contributed by atoms with van der Waals surface area (Å²) in [5.74, 6) is -0.505. The van der Waals surface area contributed by atoms with Crippen LogP contribution in [0.4, 0.5) is 4.39 Å². The summed E-state index contributed by atoms with van der Waals surface area (Å²) in [6.45, 7) is 2.59. The smallest absolute Gasteiger partial charge is 0.273 e. The molecule has 0 bridgehead atoms. The number of aromatic nitrogens is 4. The molecule has 31 heavy (non-hydrogen) atoms. The minimum absolute atomic E-state index is 0.115. The van der Waals surface area contributed by atoms with E-state index < -0.39 is 11.4 Å². The van der Waals surface area contributed by atoms with Crippen LogP contribution in [0.15, 0.2) is 47.3 Å². The van der Waals surface area contributed by atoms with Gasteiger partial charge in [-0.2, -0.15) is 14.9 Å². The van der Waals surface area contributed by atoms with E-state index in [0.717, 1.165) is 23.2 Å². The molecule has 7 nitrogen and oxygen atoms in total. The van der Waals surface area contributed by atoms with E-state index in [1.54, 1.807) is 19.1 Å². The van der Waals surface area contributed by atoms with E-state index in [1.807, 2.05) is 13.1 Å². The topological polar surface area (TPSA) is 87.0 Å². The van der Waals surface area contributed by atoms with Crippen LogP contribution in [0, 0.1) is 12.7 Å². The first-order valence-corrected chi connectivity index (χ1v) is 10.1. The van der Waals surface area contributed by atoms with Crippen molar-refractivity contribution in [2.45, 2.75) is 25.9 Å². The fourth-order valence-electron chi connectivity index (χ4n) is 4.27. The first kappa shape index (κ1) is 19.6. The van der Waals surface area contributed by atoms with Gasteiger partial charge in [-0.3, -0.25) is 14.8 Å². The third kappa shape index (κ3) is 3.24. The number of aliphatic hydroxyl groups is 1. The normalized spacial score (nSPS) is 16.6. The lowest BCUT2D eigenvalue weighted by atomic mass is 9.92. The van der Waals surface area contributed by atoms with Crippen molar-refractivity contribution in [3.63, 3.8) is 0 Å². The molecule has 0 saturated heterocycles. The summed E-state index contributed by atoms with van der Waals surface area (Å²) in [5, 5.41) is 21.3. The van der Waals surface area contributed by atoms with Gasteiger partial charge < -0.3 is 5.11 Å². The van der Waals surface area contributed by atoms with Gasteiger partial charge in [0.15, 0.2) is 0 Å². The average molecular weight is 419 g/mol. The number of fused-ring (bicyclic) bond motifs is 2. The highest BCUT2D eigenvalue weighted by Gasteiger charge is 2.24. The Balaban J connectivity index is 1.64. The van der Waals surface area contributed by atoms with Crippen LogP contribution in [0.5, 0.6) is 0 Å². The lowest BCUT2D eigenvalue weighted by molar-refractivity contribution is 0.131. The van der Waals surface area contributed by atoms with Gasteiger partial charge in [0.25, 0.3) is 5.56 Å². The molecule has 2 aromatic carbocycles. The zero-order chi connectivity index (χ0) is 21.7. The second-order valence-corrected chi connectivity index (χ2v) is 8.07. The molecule has 0 amide bonds. The van der Waals surface area contributed by atoms with Crippen molar-refractivity contribution in [2.75, 3.05) is 13.7 Å². The monoisotopic (exact) mass is 419 g/mol. The van der Waals surface area contributed by atoms with E-state index in [1.165, 1.54) is 23.3 Å². The third-order valence-electron chi connectivity index (χ3n) is 6.03. The van der Waals surface area contributed by atoms with Crippen LogP contribution in [-0.2, 0) is 13.0 Å². The Morgan fingerprint density at radius 1 is 1.23 bits per heavy atom. The molecule has 0 spiro atoms. The van der Waals surface area contributed by atoms with E-state index in [2.05, 4.69) is 32.3 Å². The van der Waals surface area contributed by atoms with Crippen molar-refractivity contribution >= 4 is 11.0 Å². The van der Waals surface area contributed by atoms with Gasteiger partial charge in [-0.15, -0.1) is 0 Å². The fraction of sp³-hybridized carbons (Fsp3) is 0.261. The molecule has 158 valence electrons. The first-order valence-electron chi connectivity index (χ1n) is 10.1. The Bertz CT molecular complexity index is 1340. The summed E-state index contributed by atoms with van der Waals surface area (Å²) in [5.41, 5.74) is 5.17.